The van der Waals surface area contributed by atoms with Crippen molar-refractivity contribution >= 4 is 17.6 Å². The zero-order chi connectivity index (χ0) is 12.7. The normalized spacial score (nSPS) is 12.2. The molecule has 1 N–H and O–H groups in total. The van der Waals surface area contributed by atoms with Gasteiger partial charge >= 0.3 is 0 Å². The molecule has 0 aromatic carbocycles. The van der Waals surface area contributed by atoms with E-state index in [0.717, 1.165) is 12.4 Å². The molecular formula is C11H19N3O2S. The molecule has 0 spiro atoms. The van der Waals surface area contributed by atoms with Crippen LogP contribution in [0.5, 0.6) is 5.88 Å². The fourth-order valence-corrected chi connectivity index (χ4v) is 1.67. The van der Waals surface area contributed by atoms with Crippen LogP contribution in [-0.4, -0.2) is 42.6 Å². The van der Waals surface area contributed by atoms with Crippen LogP contribution < -0.4 is 10.1 Å². The molecule has 1 aromatic rings. The van der Waals surface area contributed by atoms with Crippen LogP contribution in [0.4, 0.5) is 5.82 Å². The standard InChI is InChI=1S/C11H19N3O2S/c1-5-12-9-6-10(14-11(13-9)17-4)16-8(2)7-15-3/h6,8H,5,7H2,1-4H3,(H,12,13,14). The lowest BCUT2D eigenvalue weighted by molar-refractivity contribution is 0.0884. The van der Waals surface area contributed by atoms with Gasteiger partial charge in [0.1, 0.15) is 11.9 Å². The topological polar surface area (TPSA) is 56.3 Å². The van der Waals surface area contributed by atoms with E-state index in [4.69, 9.17) is 9.47 Å². The summed E-state index contributed by atoms with van der Waals surface area (Å²) in [5, 5.41) is 3.85. The van der Waals surface area contributed by atoms with Crippen LogP contribution in [0.1, 0.15) is 13.8 Å². The summed E-state index contributed by atoms with van der Waals surface area (Å²) in [4.78, 5) is 8.61. The first-order valence-electron chi connectivity index (χ1n) is 5.52. The van der Waals surface area contributed by atoms with Crippen LogP contribution in [0.3, 0.4) is 0 Å². The van der Waals surface area contributed by atoms with Crippen molar-refractivity contribution in [2.45, 2.75) is 25.1 Å². The van der Waals surface area contributed by atoms with Crippen LogP contribution >= 0.6 is 11.8 Å². The molecule has 1 rings (SSSR count). The Labute approximate surface area is 106 Å². The van der Waals surface area contributed by atoms with Gasteiger partial charge in [-0.15, -0.1) is 0 Å². The van der Waals surface area contributed by atoms with Gasteiger partial charge in [0, 0.05) is 19.7 Å². The quantitative estimate of drug-likeness (QED) is 0.596. The Morgan fingerprint density at radius 3 is 2.82 bits per heavy atom. The van der Waals surface area contributed by atoms with E-state index in [1.807, 2.05) is 20.1 Å². The summed E-state index contributed by atoms with van der Waals surface area (Å²) < 4.78 is 10.7. The minimum Gasteiger partial charge on any atom is -0.472 e. The molecule has 0 saturated heterocycles. The van der Waals surface area contributed by atoms with E-state index in [0.29, 0.717) is 17.6 Å². The molecule has 0 radical (unpaired) electrons. The summed E-state index contributed by atoms with van der Waals surface area (Å²) in [5.41, 5.74) is 0. The molecule has 0 amide bonds. The Bertz CT molecular complexity index is 349. The van der Waals surface area contributed by atoms with Gasteiger partial charge in [0.2, 0.25) is 5.88 Å². The number of nitrogens with zero attached hydrogens (tertiary/aromatic N) is 2. The second-order valence-corrected chi connectivity index (χ2v) is 4.27. The van der Waals surface area contributed by atoms with Gasteiger partial charge < -0.3 is 14.8 Å². The fraction of sp³-hybridized carbons (Fsp3) is 0.636. The lowest BCUT2D eigenvalue weighted by Crippen LogP contribution is -2.19. The first kappa shape index (κ1) is 14.1. The lowest BCUT2D eigenvalue weighted by atomic mass is 10.4. The third-order valence-electron chi connectivity index (χ3n) is 1.95. The van der Waals surface area contributed by atoms with E-state index < -0.39 is 0 Å². The van der Waals surface area contributed by atoms with Crippen molar-refractivity contribution in [2.75, 3.05) is 31.8 Å². The van der Waals surface area contributed by atoms with Crippen molar-refractivity contribution in [3.8, 4) is 5.88 Å². The highest BCUT2D eigenvalue weighted by molar-refractivity contribution is 7.98. The average Bonchev–Trinajstić information content (AvgIpc) is 2.29. The molecule has 1 unspecified atom stereocenters. The molecule has 1 heterocycles. The summed E-state index contributed by atoms with van der Waals surface area (Å²) in [6.07, 6.45) is 1.91. The van der Waals surface area contributed by atoms with Crippen LogP contribution in [0.25, 0.3) is 0 Å². The Hall–Kier alpha value is -1.01. The molecule has 96 valence electrons. The number of methoxy groups -OCH3 is 1. The molecule has 0 aliphatic heterocycles. The van der Waals surface area contributed by atoms with Crippen molar-refractivity contribution in [2.24, 2.45) is 0 Å². The summed E-state index contributed by atoms with van der Waals surface area (Å²) in [5.74, 6) is 1.36. The maximum absolute atomic E-state index is 5.65. The SMILES string of the molecule is CCNc1cc(OC(C)COC)nc(SC)n1. The highest BCUT2D eigenvalue weighted by atomic mass is 32.2. The first-order valence-corrected chi connectivity index (χ1v) is 6.74. The monoisotopic (exact) mass is 257 g/mol. The first-order chi connectivity index (χ1) is 8.19. The number of hydrogen-bond donors (Lipinski definition) is 1. The van der Waals surface area contributed by atoms with Crippen LogP contribution in [-0.2, 0) is 4.74 Å². The van der Waals surface area contributed by atoms with Gasteiger partial charge in [-0.2, -0.15) is 4.98 Å². The maximum Gasteiger partial charge on any atom is 0.219 e. The minimum absolute atomic E-state index is 0.0286. The molecule has 5 nitrogen and oxygen atoms in total. The van der Waals surface area contributed by atoms with Crippen LogP contribution in [0.2, 0.25) is 0 Å². The van der Waals surface area contributed by atoms with E-state index >= 15 is 0 Å². The van der Waals surface area contributed by atoms with E-state index in [2.05, 4.69) is 15.3 Å². The van der Waals surface area contributed by atoms with Crippen molar-refractivity contribution in [3.05, 3.63) is 6.07 Å². The van der Waals surface area contributed by atoms with Crippen molar-refractivity contribution in [3.63, 3.8) is 0 Å². The minimum atomic E-state index is -0.0286. The predicted molar refractivity (Wildman–Crippen MR) is 69.9 cm³/mol. The molecule has 0 fully saturated rings. The van der Waals surface area contributed by atoms with Crippen molar-refractivity contribution in [1.82, 2.24) is 9.97 Å². The number of hydrogen-bond acceptors (Lipinski definition) is 6. The van der Waals surface area contributed by atoms with Crippen LogP contribution in [0.15, 0.2) is 11.2 Å². The fourth-order valence-electron chi connectivity index (χ4n) is 1.30. The molecular weight excluding hydrogens is 238 g/mol. The molecule has 1 aromatic heterocycles. The van der Waals surface area contributed by atoms with E-state index in [1.54, 1.807) is 13.2 Å². The van der Waals surface area contributed by atoms with Gasteiger partial charge in [-0.25, -0.2) is 4.98 Å². The lowest BCUT2D eigenvalue weighted by Gasteiger charge is -2.14. The molecule has 6 heteroatoms. The zero-order valence-corrected chi connectivity index (χ0v) is 11.5. The maximum atomic E-state index is 5.65. The van der Waals surface area contributed by atoms with Gasteiger partial charge in [-0.1, -0.05) is 11.8 Å². The molecule has 0 saturated carbocycles. The third-order valence-corrected chi connectivity index (χ3v) is 2.49. The zero-order valence-electron chi connectivity index (χ0n) is 10.7. The van der Waals surface area contributed by atoms with Crippen molar-refractivity contribution in [1.29, 1.82) is 0 Å². The number of nitrogens with one attached hydrogen (secondary N) is 1. The van der Waals surface area contributed by atoms with Gasteiger partial charge in [0.05, 0.1) is 6.61 Å². The number of rotatable bonds is 7. The van der Waals surface area contributed by atoms with Gasteiger partial charge in [0.25, 0.3) is 0 Å². The number of thioether (sulfide) groups is 1. The predicted octanol–water partition coefficient (Wildman–Crippen LogP) is 2.04. The summed E-state index contributed by atoms with van der Waals surface area (Å²) in [6, 6.07) is 1.80. The van der Waals surface area contributed by atoms with Gasteiger partial charge in [0.15, 0.2) is 5.16 Å². The largest absolute Gasteiger partial charge is 0.472 e. The summed E-state index contributed by atoms with van der Waals surface area (Å²) >= 11 is 1.49. The molecule has 1 atom stereocenters. The number of anilines is 1. The Morgan fingerprint density at radius 1 is 1.47 bits per heavy atom. The molecule has 17 heavy (non-hydrogen) atoms. The van der Waals surface area contributed by atoms with E-state index in [-0.39, 0.29) is 6.10 Å². The highest BCUT2D eigenvalue weighted by Crippen LogP contribution is 2.19. The van der Waals surface area contributed by atoms with Gasteiger partial charge in [-0.05, 0) is 20.1 Å². The Morgan fingerprint density at radius 2 is 2.24 bits per heavy atom. The second-order valence-electron chi connectivity index (χ2n) is 3.49. The molecule has 0 bridgehead atoms. The smallest absolute Gasteiger partial charge is 0.219 e. The number of aromatic nitrogens is 2. The van der Waals surface area contributed by atoms with Crippen molar-refractivity contribution < 1.29 is 9.47 Å². The summed E-state index contributed by atoms with van der Waals surface area (Å²) in [6.45, 7) is 5.32. The number of ether oxygens (including phenoxy) is 2. The average molecular weight is 257 g/mol. The summed E-state index contributed by atoms with van der Waals surface area (Å²) in [7, 11) is 1.65. The highest BCUT2D eigenvalue weighted by Gasteiger charge is 2.08. The molecule has 0 aliphatic carbocycles. The Kier molecular flexibility index (Phi) is 6.07. The van der Waals surface area contributed by atoms with Gasteiger partial charge in [-0.3, -0.25) is 0 Å². The van der Waals surface area contributed by atoms with Crippen LogP contribution in [0, 0.1) is 0 Å². The Balaban J connectivity index is 2.79. The van der Waals surface area contributed by atoms with E-state index in [9.17, 15) is 0 Å². The second kappa shape index (κ2) is 7.34. The third kappa shape index (κ3) is 4.79. The van der Waals surface area contributed by atoms with E-state index in [1.165, 1.54) is 11.8 Å². The molecule has 0 aliphatic rings.